The fraction of sp³-hybridized carbons (Fsp3) is 0.417. The van der Waals surface area contributed by atoms with E-state index < -0.39 is 6.03 Å². The minimum atomic E-state index is -0.482. The predicted octanol–water partition coefficient (Wildman–Crippen LogP) is 2.63. The van der Waals surface area contributed by atoms with Crippen LogP contribution >= 0.6 is 23.2 Å². The zero-order chi connectivity index (χ0) is 13.1. The van der Waals surface area contributed by atoms with Crippen molar-refractivity contribution in [3.8, 4) is 0 Å². The molecule has 1 saturated heterocycles. The van der Waals surface area contributed by atoms with Crippen molar-refractivity contribution >= 4 is 34.9 Å². The van der Waals surface area contributed by atoms with Gasteiger partial charge in [-0.25, -0.2) is 4.79 Å². The number of hydrogen-bond acceptors (Lipinski definition) is 2. The smallest absolute Gasteiger partial charge is 0.312 e. The van der Waals surface area contributed by atoms with E-state index in [9.17, 15) is 4.79 Å². The van der Waals surface area contributed by atoms with Crippen molar-refractivity contribution in [2.45, 2.75) is 18.9 Å². The van der Waals surface area contributed by atoms with Gasteiger partial charge in [0.05, 0.1) is 10.7 Å². The fourth-order valence-corrected chi connectivity index (χ4v) is 2.78. The second-order valence-electron chi connectivity index (χ2n) is 4.39. The van der Waals surface area contributed by atoms with Crippen molar-refractivity contribution in [1.29, 1.82) is 0 Å². The van der Waals surface area contributed by atoms with Crippen LogP contribution in [0.15, 0.2) is 18.2 Å². The number of hydrogen-bond donors (Lipinski definition) is 2. The molecule has 2 amide bonds. The Morgan fingerprint density at radius 3 is 2.89 bits per heavy atom. The molecule has 0 aromatic heterocycles. The quantitative estimate of drug-likeness (QED) is 0.879. The van der Waals surface area contributed by atoms with Gasteiger partial charge in [0.2, 0.25) is 0 Å². The summed E-state index contributed by atoms with van der Waals surface area (Å²) in [5.41, 5.74) is 6.09. The Morgan fingerprint density at radius 1 is 1.44 bits per heavy atom. The van der Waals surface area contributed by atoms with Crippen LogP contribution in [-0.4, -0.2) is 25.2 Å². The minimum absolute atomic E-state index is 0.0722. The second kappa shape index (κ2) is 5.67. The standard InChI is InChI=1S/C12H15Cl2N3O/c13-8-3-4-11(10(14)6-8)17-5-1-2-9(7-17)16-12(15)18/h3-4,6,9H,1-2,5,7H2,(H3,15,16,18)/t9-/m0/s1. The number of nitrogens with zero attached hydrogens (tertiary/aromatic N) is 1. The van der Waals surface area contributed by atoms with Crippen molar-refractivity contribution in [3.63, 3.8) is 0 Å². The number of urea groups is 1. The third-order valence-corrected chi connectivity index (χ3v) is 3.56. The zero-order valence-electron chi connectivity index (χ0n) is 9.83. The maximum atomic E-state index is 10.9. The molecule has 1 aliphatic rings. The van der Waals surface area contributed by atoms with Gasteiger partial charge in [-0.15, -0.1) is 0 Å². The maximum Gasteiger partial charge on any atom is 0.312 e. The van der Waals surface area contributed by atoms with Crippen LogP contribution in [0.2, 0.25) is 10.0 Å². The Balaban J connectivity index is 2.10. The molecule has 4 nitrogen and oxygen atoms in total. The molecule has 1 aliphatic heterocycles. The van der Waals surface area contributed by atoms with Crippen molar-refractivity contribution in [2.75, 3.05) is 18.0 Å². The van der Waals surface area contributed by atoms with Gasteiger partial charge in [0.25, 0.3) is 0 Å². The topological polar surface area (TPSA) is 58.4 Å². The van der Waals surface area contributed by atoms with Crippen LogP contribution < -0.4 is 16.0 Å². The molecule has 0 radical (unpaired) electrons. The van der Waals surface area contributed by atoms with Crippen molar-refractivity contribution < 1.29 is 4.79 Å². The van der Waals surface area contributed by atoms with Crippen LogP contribution in [0, 0.1) is 0 Å². The van der Waals surface area contributed by atoms with E-state index in [0.717, 1.165) is 25.1 Å². The number of benzene rings is 1. The summed E-state index contributed by atoms with van der Waals surface area (Å²) in [6, 6.07) is 5.03. The monoisotopic (exact) mass is 287 g/mol. The van der Waals surface area contributed by atoms with E-state index in [1.54, 1.807) is 6.07 Å². The summed E-state index contributed by atoms with van der Waals surface area (Å²) in [5.74, 6) is 0. The molecule has 0 unspecified atom stereocenters. The Kier molecular flexibility index (Phi) is 4.19. The highest BCUT2D eigenvalue weighted by molar-refractivity contribution is 6.36. The van der Waals surface area contributed by atoms with E-state index >= 15 is 0 Å². The molecular weight excluding hydrogens is 273 g/mol. The van der Waals surface area contributed by atoms with Gasteiger partial charge in [-0.2, -0.15) is 0 Å². The van der Waals surface area contributed by atoms with E-state index in [0.29, 0.717) is 16.6 Å². The van der Waals surface area contributed by atoms with Gasteiger partial charge in [0.1, 0.15) is 0 Å². The molecule has 3 N–H and O–H groups in total. The van der Waals surface area contributed by atoms with E-state index in [2.05, 4.69) is 10.2 Å². The summed E-state index contributed by atoms with van der Waals surface area (Å²) in [6.07, 6.45) is 1.93. The highest BCUT2D eigenvalue weighted by atomic mass is 35.5. The third-order valence-electron chi connectivity index (χ3n) is 3.02. The Hall–Kier alpha value is -1.13. The first-order valence-corrected chi connectivity index (χ1v) is 6.58. The van der Waals surface area contributed by atoms with Crippen molar-refractivity contribution in [3.05, 3.63) is 28.2 Å². The lowest BCUT2D eigenvalue weighted by Gasteiger charge is -2.35. The third kappa shape index (κ3) is 3.21. The first-order valence-electron chi connectivity index (χ1n) is 5.82. The Morgan fingerprint density at radius 2 is 2.22 bits per heavy atom. The lowest BCUT2D eigenvalue weighted by atomic mass is 10.1. The molecule has 1 aromatic rings. The molecule has 0 spiro atoms. The Labute approximate surface area is 116 Å². The summed E-state index contributed by atoms with van der Waals surface area (Å²) in [6.45, 7) is 1.63. The normalized spacial score (nSPS) is 19.7. The molecule has 0 aliphatic carbocycles. The second-order valence-corrected chi connectivity index (χ2v) is 5.23. The molecule has 0 bridgehead atoms. The fourth-order valence-electron chi connectivity index (χ4n) is 2.25. The number of nitrogens with two attached hydrogens (primary N) is 1. The highest BCUT2D eigenvalue weighted by Gasteiger charge is 2.22. The number of halogens is 2. The zero-order valence-corrected chi connectivity index (χ0v) is 11.3. The van der Waals surface area contributed by atoms with Gasteiger partial charge in [-0.1, -0.05) is 23.2 Å². The number of primary amides is 1. The van der Waals surface area contributed by atoms with Crippen molar-refractivity contribution in [2.24, 2.45) is 5.73 Å². The minimum Gasteiger partial charge on any atom is -0.368 e. The lowest BCUT2D eigenvalue weighted by molar-refractivity contribution is 0.243. The van der Waals surface area contributed by atoms with E-state index in [1.165, 1.54) is 0 Å². The summed E-state index contributed by atoms with van der Waals surface area (Å²) in [4.78, 5) is 13.0. The average molecular weight is 288 g/mol. The molecule has 1 atom stereocenters. The molecule has 18 heavy (non-hydrogen) atoms. The lowest BCUT2D eigenvalue weighted by Crippen LogP contribution is -2.49. The number of anilines is 1. The molecule has 1 fully saturated rings. The maximum absolute atomic E-state index is 10.9. The highest BCUT2D eigenvalue weighted by Crippen LogP contribution is 2.30. The van der Waals surface area contributed by atoms with E-state index in [4.69, 9.17) is 28.9 Å². The molecule has 98 valence electrons. The Bertz CT molecular complexity index is 453. The summed E-state index contributed by atoms with van der Waals surface area (Å²) >= 11 is 12.1. The van der Waals surface area contributed by atoms with Gasteiger partial charge >= 0.3 is 6.03 Å². The van der Waals surface area contributed by atoms with Crippen LogP contribution in [0.4, 0.5) is 10.5 Å². The molecule has 1 aromatic carbocycles. The van der Waals surface area contributed by atoms with Gasteiger partial charge in [-0.3, -0.25) is 0 Å². The first-order chi connectivity index (χ1) is 8.56. The first kappa shape index (κ1) is 13.3. The van der Waals surface area contributed by atoms with Crippen LogP contribution in [0.3, 0.4) is 0 Å². The largest absolute Gasteiger partial charge is 0.368 e. The number of piperidine rings is 1. The van der Waals surface area contributed by atoms with Crippen molar-refractivity contribution in [1.82, 2.24) is 5.32 Å². The number of carbonyl (C=O) groups is 1. The average Bonchev–Trinajstić information content (AvgIpc) is 2.28. The van der Waals surface area contributed by atoms with E-state index in [1.807, 2.05) is 12.1 Å². The molecular formula is C12H15Cl2N3O. The predicted molar refractivity (Wildman–Crippen MR) is 74.4 cm³/mol. The summed E-state index contributed by atoms with van der Waals surface area (Å²) in [7, 11) is 0. The number of carbonyl (C=O) groups excluding carboxylic acids is 1. The number of rotatable bonds is 2. The molecule has 2 rings (SSSR count). The SMILES string of the molecule is NC(=O)N[C@H]1CCCN(c2ccc(Cl)cc2Cl)C1. The molecule has 6 heteroatoms. The number of nitrogens with one attached hydrogen (secondary N) is 1. The van der Waals surface area contributed by atoms with Gasteiger partial charge in [0, 0.05) is 24.2 Å². The van der Waals surface area contributed by atoms with Gasteiger partial charge in [0.15, 0.2) is 0 Å². The summed E-state index contributed by atoms with van der Waals surface area (Å²) in [5, 5.41) is 3.99. The summed E-state index contributed by atoms with van der Waals surface area (Å²) < 4.78 is 0. The van der Waals surface area contributed by atoms with Crippen LogP contribution in [0.5, 0.6) is 0 Å². The van der Waals surface area contributed by atoms with Gasteiger partial charge in [-0.05, 0) is 31.0 Å². The van der Waals surface area contributed by atoms with Gasteiger partial charge < -0.3 is 16.0 Å². The molecule has 1 heterocycles. The van der Waals surface area contributed by atoms with E-state index in [-0.39, 0.29) is 6.04 Å². The van der Waals surface area contributed by atoms with Crippen LogP contribution in [0.25, 0.3) is 0 Å². The molecule has 0 saturated carbocycles. The van der Waals surface area contributed by atoms with Crippen LogP contribution in [-0.2, 0) is 0 Å². The van der Waals surface area contributed by atoms with Crippen LogP contribution in [0.1, 0.15) is 12.8 Å². The number of amides is 2.